The van der Waals surface area contributed by atoms with Crippen molar-refractivity contribution in [1.29, 1.82) is 0 Å². The summed E-state index contributed by atoms with van der Waals surface area (Å²) in [6.07, 6.45) is -0.297. The molecule has 0 saturated carbocycles. The summed E-state index contributed by atoms with van der Waals surface area (Å²) in [7, 11) is 3.11. The Kier molecular flexibility index (Phi) is 7.08. The first-order chi connectivity index (χ1) is 12.5. The highest BCUT2D eigenvalue weighted by molar-refractivity contribution is 5.94. The summed E-state index contributed by atoms with van der Waals surface area (Å²) in [5.41, 5.74) is 0.643. The van der Waals surface area contributed by atoms with Crippen LogP contribution in [-0.4, -0.2) is 74.8 Å². The number of piperazine rings is 1. The van der Waals surface area contributed by atoms with E-state index in [0.29, 0.717) is 50.0 Å². The molecule has 1 aliphatic rings. The van der Waals surface area contributed by atoms with Crippen LogP contribution in [0.15, 0.2) is 18.2 Å². The van der Waals surface area contributed by atoms with Gasteiger partial charge < -0.3 is 24.4 Å². The van der Waals surface area contributed by atoms with E-state index in [9.17, 15) is 9.59 Å². The summed E-state index contributed by atoms with van der Waals surface area (Å²) in [5, 5.41) is 2.90. The number of carbonyl (C=O) groups is 2. The zero-order valence-electron chi connectivity index (χ0n) is 15.8. The molecule has 0 spiro atoms. The van der Waals surface area contributed by atoms with Crippen molar-refractivity contribution in [3.63, 3.8) is 0 Å². The molecular weight excluding hydrogens is 338 g/mol. The maximum absolute atomic E-state index is 12.6. The molecule has 1 heterocycles. The van der Waals surface area contributed by atoms with Crippen LogP contribution in [0.1, 0.15) is 13.8 Å². The van der Waals surface area contributed by atoms with E-state index in [1.165, 1.54) is 0 Å². The Labute approximate surface area is 154 Å². The Morgan fingerprint density at radius 3 is 2.35 bits per heavy atom. The molecule has 1 aliphatic heterocycles. The normalized spacial score (nSPS) is 15.9. The van der Waals surface area contributed by atoms with Crippen molar-refractivity contribution in [2.45, 2.75) is 19.9 Å². The highest BCUT2D eigenvalue weighted by Crippen LogP contribution is 2.29. The van der Waals surface area contributed by atoms with Crippen molar-refractivity contribution in [2.75, 3.05) is 52.3 Å². The molecule has 1 atom stereocenters. The van der Waals surface area contributed by atoms with Crippen molar-refractivity contribution < 1.29 is 23.8 Å². The van der Waals surface area contributed by atoms with Crippen LogP contribution in [0.2, 0.25) is 0 Å². The lowest BCUT2D eigenvalue weighted by molar-refractivity contribution is -0.121. The van der Waals surface area contributed by atoms with E-state index in [0.717, 1.165) is 0 Å². The Hall–Kier alpha value is -2.48. The molecule has 0 aliphatic carbocycles. The third-order valence-corrected chi connectivity index (χ3v) is 4.42. The minimum atomic E-state index is -0.313. The van der Waals surface area contributed by atoms with Gasteiger partial charge in [0.1, 0.15) is 0 Å². The quantitative estimate of drug-likeness (QED) is 0.828. The fourth-order valence-electron chi connectivity index (χ4n) is 2.83. The molecule has 0 aromatic heterocycles. The molecule has 1 aromatic carbocycles. The van der Waals surface area contributed by atoms with Crippen LogP contribution in [0.4, 0.5) is 10.5 Å². The minimum Gasteiger partial charge on any atom is -0.493 e. The number of methoxy groups -OCH3 is 2. The predicted octanol–water partition coefficient (Wildman–Crippen LogP) is 1.80. The highest BCUT2D eigenvalue weighted by Gasteiger charge is 2.28. The van der Waals surface area contributed by atoms with Gasteiger partial charge in [-0.05, 0) is 26.0 Å². The molecule has 26 heavy (non-hydrogen) atoms. The highest BCUT2D eigenvalue weighted by atomic mass is 16.6. The number of carbonyl (C=O) groups excluding carboxylic acids is 2. The summed E-state index contributed by atoms with van der Waals surface area (Å²) >= 11 is 0. The number of nitrogens with one attached hydrogen (secondary N) is 1. The van der Waals surface area contributed by atoms with Gasteiger partial charge in [-0.3, -0.25) is 9.69 Å². The summed E-state index contributed by atoms with van der Waals surface area (Å²) in [6.45, 7) is 6.35. The van der Waals surface area contributed by atoms with Crippen LogP contribution in [0, 0.1) is 0 Å². The third-order valence-electron chi connectivity index (χ3n) is 4.42. The lowest BCUT2D eigenvalue weighted by Gasteiger charge is -2.36. The monoisotopic (exact) mass is 365 g/mol. The molecule has 144 valence electrons. The fraction of sp³-hybridized carbons (Fsp3) is 0.556. The molecule has 2 amide bonds. The Morgan fingerprint density at radius 2 is 1.77 bits per heavy atom. The van der Waals surface area contributed by atoms with Crippen LogP contribution in [0.25, 0.3) is 0 Å². The number of rotatable bonds is 6. The topological polar surface area (TPSA) is 80.3 Å². The van der Waals surface area contributed by atoms with Crippen molar-refractivity contribution >= 4 is 17.7 Å². The predicted molar refractivity (Wildman–Crippen MR) is 97.8 cm³/mol. The van der Waals surface area contributed by atoms with Crippen LogP contribution in [-0.2, 0) is 9.53 Å². The van der Waals surface area contributed by atoms with E-state index in [2.05, 4.69) is 5.32 Å². The van der Waals surface area contributed by atoms with Crippen LogP contribution >= 0.6 is 0 Å². The number of hydrogen-bond donors (Lipinski definition) is 1. The van der Waals surface area contributed by atoms with Crippen LogP contribution in [0.3, 0.4) is 0 Å². The first-order valence-electron chi connectivity index (χ1n) is 8.68. The van der Waals surface area contributed by atoms with Crippen LogP contribution < -0.4 is 14.8 Å². The largest absolute Gasteiger partial charge is 0.493 e. The van der Waals surface area contributed by atoms with Gasteiger partial charge in [-0.2, -0.15) is 0 Å². The SMILES string of the molecule is CCOC(=O)N1CCN([C@H](C)C(=O)Nc2ccc(OC)c(OC)c2)CC1. The van der Waals surface area contributed by atoms with Gasteiger partial charge >= 0.3 is 6.09 Å². The van der Waals surface area contributed by atoms with Crippen molar-refractivity contribution in [1.82, 2.24) is 9.80 Å². The van der Waals surface area contributed by atoms with Crippen molar-refractivity contribution in [2.24, 2.45) is 0 Å². The standard InChI is InChI=1S/C18H27N3O5/c1-5-26-18(23)21-10-8-20(9-11-21)13(2)17(22)19-14-6-7-15(24-3)16(12-14)25-4/h6-7,12-13H,5,8-11H2,1-4H3,(H,19,22)/t13-/m1/s1. The molecule has 0 bridgehead atoms. The Balaban J connectivity index is 1.91. The number of amides is 2. The molecule has 2 rings (SSSR count). The summed E-state index contributed by atoms with van der Waals surface area (Å²) in [6, 6.07) is 4.93. The number of anilines is 1. The average Bonchev–Trinajstić information content (AvgIpc) is 2.67. The average molecular weight is 365 g/mol. The van der Waals surface area contributed by atoms with Gasteiger partial charge in [-0.1, -0.05) is 0 Å². The van der Waals surface area contributed by atoms with Crippen molar-refractivity contribution in [3.05, 3.63) is 18.2 Å². The molecule has 0 unspecified atom stereocenters. The minimum absolute atomic E-state index is 0.109. The van der Waals surface area contributed by atoms with Gasteiger partial charge in [0.25, 0.3) is 0 Å². The second-order valence-corrected chi connectivity index (χ2v) is 5.96. The van der Waals surface area contributed by atoms with E-state index in [1.54, 1.807) is 44.2 Å². The zero-order valence-corrected chi connectivity index (χ0v) is 15.8. The first-order valence-corrected chi connectivity index (χ1v) is 8.68. The van der Waals surface area contributed by atoms with E-state index in [4.69, 9.17) is 14.2 Å². The van der Waals surface area contributed by atoms with Gasteiger partial charge in [-0.25, -0.2) is 4.79 Å². The molecule has 0 radical (unpaired) electrons. The molecule has 1 N–H and O–H groups in total. The number of ether oxygens (including phenoxy) is 3. The van der Waals surface area contributed by atoms with E-state index in [1.807, 2.05) is 11.8 Å². The zero-order chi connectivity index (χ0) is 19.1. The van der Waals surface area contributed by atoms with Gasteiger partial charge in [0, 0.05) is 37.9 Å². The summed E-state index contributed by atoms with van der Waals surface area (Å²) in [4.78, 5) is 28.0. The van der Waals surface area contributed by atoms with E-state index < -0.39 is 0 Å². The maximum atomic E-state index is 12.6. The second kappa shape index (κ2) is 9.28. The van der Waals surface area contributed by atoms with Gasteiger partial charge in [0.2, 0.25) is 5.91 Å². The fourth-order valence-corrected chi connectivity index (χ4v) is 2.83. The van der Waals surface area contributed by atoms with Gasteiger partial charge in [-0.15, -0.1) is 0 Å². The van der Waals surface area contributed by atoms with Crippen molar-refractivity contribution in [3.8, 4) is 11.5 Å². The number of benzene rings is 1. The number of nitrogens with zero attached hydrogens (tertiary/aromatic N) is 2. The molecule has 8 heteroatoms. The second-order valence-electron chi connectivity index (χ2n) is 5.96. The van der Waals surface area contributed by atoms with Crippen LogP contribution in [0.5, 0.6) is 11.5 Å². The lowest BCUT2D eigenvalue weighted by Crippen LogP contribution is -2.54. The smallest absolute Gasteiger partial charge is 0.409 e. The molecule has 1 fully saturated rings. The lowest BCUT2D eigenvalue weighted by atomic mass is 10.2. The van der Waals surface area contributed by atoms with E-state index >= 15 is 0 Å². The van der Waals surface area contributed by atoms with Gasteiger partial charge in [0.15, 0.2) is 11.5 Å². The van der Waals surface area contributed by atoms with Gasteiger partial charge in [0.05, 0.1) is 26.9 Å². The first kappa shape index (κ1) is 19.8. The summed E-state index contributed by atoms with van der Waals surface area (Å²) < 4.78 is 15.5. The molecule has 1 saturated heterocycles. The maximum Gasteiger partial charge on any atom is 0.409 e. The molecule has 8 nitrogen and oxygen atoms in total. The molecule has 1 aromatic rings. The molecular formula is C18H27N3O5. The third kappa shape index (κ3) is 4.78. The number of hydrogen-bond acceptors (Lipinski definition) is 6. The Bertz CT molecular complexity index is 629. The Morgan fingerprint density at radius 1 is 1.12 bits per heavy atom. The summed E-state index contributed by atoms with van der Waals surface area (Å²) in [5.74, 6) is 1.05. The van der Waals surface area contributed by atoms with E-state index in [-0.39, 0.29) is 18.0 Å².